The summed E-state index contributed by atoms with van der Waals surface area (Å²) in [6, 6.07) is 5.19. The first kappa shape index (κ1) is 11.5. The van der Waals surface area contributed by atoms with Crippen molar-refractivity contribution in [3.05, 3.63) is 40.7 Å². The Morgan fingerprint density at radius 1 is 1.53 bits per heavy atom. The van der Waals surface area contributed by atoms with Crippen LogP contribution in [0.5, 0.6) is 0 Å². The lowest BCUT2D eigenvalue weighted by atomic mass is 10.2. The number of carbonyl (C=O) groups excluding carboxylic acids is 1. The van der Waals surface area contributed by atoms with E-state index in [-0.39, 0.29) is 11.7 Å². The highest BCUT2D eigenvalue weighted by molar-refractivity contribution is 6.31. The first-order valence-corrected chi connectivity index (χ1v) is 5.22. The maximum Gasteiger partial charge on any atom is 0.292 e. The SMILES string of the molecule is Cc1ccc(NC(=O)c2coc(N)n2)cc1Cl. The fourth-order valence-electron chi connectivity index (χ4n) is 1.26. The molecule has 0 bridgehead atoms. The highest BCUT2D eigenvalue weighted by atomic mass is 35.5. The Bertz CT molecular complexity index is 566. The van der Waals surface area contributed by atoms with Crippen LogP contribution in [-0.2, 0) is 0 Å². The summed E-state index contributed by atoms with van der Waals surface area (Å²) in [7, 11) is 0. The minimum Gasteiger partial charge on any atom is -0.431 e. The van der Waals surface area contributed by atoms with E-state index in [9.17, 15) is 4.79 Å². The molecule has 0 aliphatic heterocycles. The lowest BCUT2D eigenvalue weighted by Crippen LogP contribution is -2.12. The van der Waals surface area contributed by atoms with Gasteiger partial charge in [0, 0.05) is 10.7 Å². The van der Waals surface area contributed by atoms with Crippen molar-refractivity contribution >= 4 is 29.2 Å². The van der Waals surface area contributed by atoms with Crippen molar-refractivity contribution in [1.82, 2.24) is 4.98 Å². The van der Waals surface area contributed by atoms with Crippen LogP contribution in [0, 0.1) is 6.92 Å². The molecule has 5 nitrogen and oxygen atoms in total. The van der Waals surface area contributed by atoms with Crippen LogP contribution >= 0.6 is 11.6 Å². The molecule has 0 radical (unpaired) electrons. The monoisotopic (exact) mass is 251 g/mol. The average molecular weight is 252 g/mol. The maximum atomic E-state index is 11.7. The van der Waals surface area contributed by atoms with Gasteiger partial charge in [0.15, 0.2) is 5.69 Å². The summed E-state index contributed by atoms with van der Waals surface area (Å²) < 4.78 is 4.75. The zero-order valence-electron chi connectivity index (χ0n) is 9.03. The molecule has 1 amide bonds. The van der Waals surface area contributed by atoms with Gasteiger partial charge in [-0.3, -0.25) is 4.79 Å². The molecule has 0 aliphatic carbocycles. The maximum absolute atomic E-state index is 11.7. The molecule has 17 heavy (non-hydrogen) atoms. The first-order valence-electron chi connectivity index (χ1n) is 4.85. The summed E-state index contributed by atoms with van der Waals surface area (Å²) in [5.74, 6) is -0.398. The number of hydrogen-bond acceptors (Lipinski definition) is 4. The van der Waals surface area contributed by atoms with Gasteiger partial charge in [-0.2, -0.15) is 4.98 Å². The third-order valence-electron chi connectivity index (χ3n) is 2.18. The summed E-state index contributed by atoms with van der Waals surface area (Å²) in [5, 5.41) is 3.22. The zero-order chi connectivity index (χ0) is 12.4. The molecule has 2 rings (SSSR count). The summed E-state index contributed by atoms with van der Waals surface area (Å²) >= 11 is 5.94. The van der Waals surface area contributed by atoms with Crippen LogP contribution in [0.15, 0.2) is 28.9 Å². The fraction of sp³-hybridized carbons (Fsp3) is 0.0909. The van der Waals surface area contributed by atoms with Gasteiger partial charge in [0.25, 0.3) is 11.9 Å². The number of nitrogens with zero attached hydrogens (tertiary/aromatic N) is 1. The van der Waals surface area contributed by atoms with Gasteiger partial charge in [-0.1, -0.05) is 17.7 Å². The molecule has 0 aliphatic rings. The van der Waals surface area contributed by atoms with E-state index in [1.807, 2.05) is 13.0 Å². The minimum atomic E-state index is -0.398. The van der Waals surface area contributed by atoms with Crippen LogP contribution in [0.3, 0.4) is 0 Å². The molecule has 0 fully saturated rings. The van der Waals surface area contributed by atoms with Crippen LogP contribution < -0.4 is 11.1 Å². The van der Waals surface area contributed by atoms with Gasteiger partial charge in [0.2, 0.25) is 0 Å². The second-order valence-corrected chi connectivity index (χ2v) is 3.90. The van der Waals surface area contributed by atoms with Crippen molar-refractivity contribution in [2.24, 2.45) is 0 Å². The number of nitrogens with two attached hydrogens (primary N) is 1. The minimum absolute atomic E-state index is 0.0444. The van der Waals surface area contributed by atoms with Crippen molar-refractivity contribution in [3.8, 4) is 0 Å². The van der Waals surface area contributed by atoms with Crippen molar-refractivity contribution < 1.29 is 9.21 Å². The molecule has 1 aromatic heterocycles. The van der Waals surface area contributed by atoms with Gasteiger partial charge in [-0.25, -0.2) is 0 Å². The predicted octanol–water partition coefficient (Wildman–Crippen LogP) is 2.47. The van der Waals surface area contributed by atoms with Gasteiger partial charge in [0.05, 0.1) is 0 Å². The van der Waals surface area contributed by atoms with Crippen molar-refractivity contribution in [2.75, 3.05) is 11.1 Å². The van der Waals surface area contributed by atoms with E-state index in [2.05, 4.69) is 10.3 Å². The normalized spacial score (nSPS) is 10.2. The van der Waals surface area contributed by atoms with E-state index < -0.39 is 5.91 Å². The molecule has 0 spiro atoms. The Kier molecular flexibility index (Phi) is 3.01. The van der Waals surface area contributed by atoms with Crippen LogP contribution in [-0.4, -0.2) is 10.9 Å². The highest BCUT2D eigenvalue weighted by Crippen LogP contribution is 2.20. The van der Waals surface area contributed by atoms with Crippen LogP contribution in [0.4, 0.5) is 11.7 Å². The van der Waals surface area contributed by atoms with Gasteiger partial charge in [0.1, 0.15) is 6.26 Å². The Hall–Kier alpha value is -2.01. The summed E-state index contributed by atoms with van der Waals surface area (Å²) in [4.78, 5) is 15.4. The third kappa shape index (κ3) is 2.57. The van der Waals surface area contributed by atoms with Crippen molar-refractivity contribution in [3.63, 3.8) is 0 Å². The topological polar surface area (TPSA) is 81.2 Å². The van der Waals surface area contributed by atoms with E-state index in [1.165, 1.54) is 6.26 Å². The quantitative estimate of drug-likeness (QED) is 0.859. The van der Waals surface area contributed by atoms with Gasteiger partial charge < -0.3 is 15.5 Å². The molecule has 2 aromatic rings. The Balaban J connectivity index is 2.15. The van der Waals surface area contributed by atoms with Crippen LogP contribution in [0.1, 0.15) is 16.1 Å². The van der Waals surface area contributed by atoms with E-state index in [1.54, 1.807) is 12.1 Å². The second-order valence-electron chi connectivity index (χ2n) is 3.49. The molecule has 0 unspecified atom stereocenters. The van der Waals surface area contributed by atoms with Gasteiger partial charge in [-0.15, -0.1) is 0 Å². The van der Waals surface area contributed by atoms with Crippen molar-refractivity contribution in [2.45, 2.75) is 6.92 Å². The Morgan fingerprint density at radius 2 is 2.29 bits per heavy atom. The molecular formula is C11H10ClN3O2. The number of hydrogen-bond donors (Lipinski definition) is 2. The number of aromatic nitrogens is 1. The lowest BCUT2D eigenvalue weighted by Gasteiger charge is -2.04. The van der Waals surface area contributed by atoms with E-state index in [4.69, 9.17) is 21.8 Å². The fourth-order valence-corrected chi connectivity index (χ4v) is 1.44. The lowest BCUT2D eigenvalue weighted by molar-refractivity contribution is 0.102. The number of anilines is 2. The number of nitrogen functional groups attached to an aromatic ring is 1. The number of oxazole rings is 1. The van der Waals surface area contributed by atoms with Gasteiger partial charge in [-0.05, 0) is 24.6 Å². The molecule has 1 aromatic carbocycles. The molecule has 0 saturated heterocycles. The smallest absolute Gasteiger partial charge is 0.292 e. The highest BCUT2D eigenvalue weighted by Gasteiger charge is 2.11. The summed E-state index contributed by atoms with van der Waals surface area (Å²) in [6.07, 6.45) is 1.19. The largest absolute Gasteiger partial charge is 0.431 e. The van der Waals surface area contributed by atoms with Crippen molar-refractivity contribution in [1.29, 1.82) is 0 Å². The number of nitrogens with one attached hydrogen (secondary N) is 1. The molecular weight excluding hydrogens is 242 g/mol. The second kappa shape index (κ2) is 4.47. The average Bonchev–Trinajstić information content (AvgIpc) is 2.70. The number of halogens is 1. The summed E-state index contributed by atoms with van der Waals surface area (Å²) in [6.45, 7) is 1.88. The molecule has 0 saturated carbocycles. The Morgan fingerprint density at radius 3 is 2.88 bits per heavy atom. The summed E-state index contributed by atoms with van der Waals surface area (Å²) in [5.41, 5.74) is 6.93. The predicted molar refractivity (Wildman–Crippen MR) is 65.1 cm³/mol. The van der Waals surface area contributed by atoms with Gasteiger partial charge >= 0.3 is 0 Å². The number of amides is 1. The number of rotatable bonds is 2. The Labute approximate surface area is 103 Å². The number of benzene rings is 1. The van der Waals surface area contributed by atoms with E-state index >= 15 is 0 Å². The molecule has 0 atom stereocenters. The number of aryl methyl sites for hydroxylation is 1. The van der Waals surface area contributed by atoms with E-state index in [0.29, 0.717) is 10.7 Å². The third-order valence-corrected chi connectivity index (χ3v) is 2.59. The molecule has 3 N–H and O–H groups in total. The molecule has 6 heteroatoms. The van der Waals surface area contributed by atoms with Crippen LogP contribution in [0.25, 0.3) is 0 Å². The number of carbonyl (C=O) groups is 1. The zero-order valence-corrected chi connectivity index (χ0v) is 9.78. The molecule has 88 valence electrons. The standard InChI is InChI=1S/C11H10ClN3O2/c1-6-2-3-7(4-8(6)12)14-10(16)9-5-17-11(13)15-9/h2-5H,1H3,(H2,13,15)(H,14,16). The van der Waals surface area contributed by atoms with Crippen LogP contribution in [0.2, 0.25) is 5.02 Å². The first-order chi connectivity index (χ1) is 8.06. The molecule has 1 heterocycles. The van der Waals surface area contributed by atoms with E-state index in [0.717, 1.165) is 5.56 Å².